The first kappa shape index (κ1) is 33.7. The number of nitrogens with zero attached hydrogens (tertiary/aromatic N) is 3. The van der Waals surface area contributed by atoms with Crippen molar-refractivity contribution in [3.8, 4) is 39.8 Å². The first-order valence-corrected chi connectivity index (χ1v) is 17.5. The number of fused-ring (bicyclic) bond motifs is 2. The van der Waals surface area contributed by atoms with Crippen molar-refractivity contribution < 1.29 is 27.5 Å². The summed E-state index contributed by atoms with van der Waals surface area (Å²) < 4.78 is 50.7. The van der Waals surface area contributed by atoms with Gasteiger partial charge < -0.3 is 19.9 Å². The maximum Gasteiger partial charge on any atom is 0.394 e. The minimum Gasteiger partial charge on any atom is -0.495 e. The van der Waals surface area contributed by atoms with Crippen molar-refractivity contribution in [1.29, 1.82) is 0 Å². The van der Waals surface area contributed by atoms with Crippen LogP contribution in [0.15, 0.2) is 65.8 Å². The van der Waals surface area contributed by atoms with Crippen molar-refractivity contribution >= 4 is 36.3 Å². The first-order chi connectivity index (χ1) is 23.4. The molecule has 3 heterocycles. The lowest BCUT2D eigenvalue weighted by Gasteiger charge is -2.19. The second kappa shape index (κ2) is 13.4. The molecule has 0 amide bonds. The Balaban J connectivity index is 1.45. The molecule has 2 N–H and O–H groups in total. The monoisotopic (exact) mass is 685 g/mol. The van der Waals surface area contributed by atoms with Gasteiger partial charge in [0.25, 0.3) is 0 Å². The molecular formula is C37H34F3N5O3S. The standard InChI is InChI=1S/C37H34F3N5O3S/c1-44-21-27(20-43-44)30-16-32-29(6-5-12-42-33-10-9-28(15-36(33)48-3)49(4,22-46)23-47)35(18-37(38,39)40)45(2)34(32)17-31(30)25-7-8-26-19-41-13-11-24(26)14-25/h7-10,14-17,20-21,41-42H,11-13,18-19H2,1-4H3. The average molecular weight is 686 g/mol. The molecule has 0 atom stereocenters. The second-order valence-corrected chi connectivity index (χ2v) is 14.6. The third kappa shape index (κ3) is 6.75. The molecule has 2 aromatic heterocycles. The van der Waals surface area contributed by atoms with Gasteiger partial charge in [0.1, 0.15) is 5.75 Å². The van der Waals surface area contributed by atoms with Crippen LogP contribution in [0.2, 0.25) is 0 Å². The molecule has 0 saturated carbocycles. The molecule has 252 valence electrons. The quantitative estimate of drug-likeness (QED) is 0.152. The predicted octanol–water partition coefficient (Wildman–Crippen LogP) is 6.40. The van der Waals surface area contributed by atoms with Crippen LogP contribution in [0.3, 0.4) is 0 Å². The Morgan fingerprint density at radius 3 is 2.49 bits per heavy atom. The maximum absolute atomic E-state index is 14.0. The summed E-state index contributed by atoms with van der Waals surface area (Å²) in [5.41, 5.74) is 7.61. The van der Waals surface area contributed by atoms with E-state index in [4.69, 9.17) is 4.74 Å². The summed E-state index contributed by atoms with van der Waals surface area (Å²) in [5.74, 6) is 6.42. The normalized spacial score (nSPS) is 12.9. The fourth-order valence-corrected chi connectivity index (χ4v) is 7.12. The van der Waals surface area contributed by atoms with E-state index in [2.05, 4.69) is 45.8 Å². The highest BCUT2D eigenvalue weighted by Crippen LogP contribution is 2.40. The van der Waals surface area contributed by atoms with Crippen LogP contribution in [0.5, 0.6) is 5.75 Å². The Morgan fingerprint density at radius 2 is 1.80 bits per heavy atom. The zero-order valence-electron chi connectivity index (χ0n) is 27.4. The lowest BCUT2D eigenvalue weighted by Crippen LogP contribution is -2.23. The van der Waals surface area contributed by atoms with Gasteiger partial charge in [-0.15, -0.1) is 0 Å². The zero-order valence-corrected chi connectivity index (χ0v) is 28.2. The number of benzene rings is 3. The second-order valence-electron chi connectivity index (χ2n) is 12.0. The van der Waals surface area contributed by atoms with E-state index < -0.39 is 21.8 Å². The number of hydrogen-bond acceptors (Lipinski definition) is 6. The van der Waals surface area contributed by atoms with Gasteiger partial charge in [0.15, 0.2) is 10.5 Å². The number of anilines is 1. The molecule has 0 unspecified atom stereocenters. The van der Waals surface area contributed by atoms with E-state index in [1.54, 1.807) is 51.2 Å². The highest BCUT2D eigenvalue weighted by molar-refractivity contribution is 8.27. The minimum atomic E-state index is -4.46. The number of rotatable bonds is 7. The number of ether oxygens (including phenoxy) is 1. The van der Waals surface area contributed by atoms with Crippen molar-refractivity contribution in [2.24, 2.45) is 14.1 Å². The SMILES string of the molecule is COc1cc(S(C)(=C=O)=C=O)ccc1NCC#Cc1c(CC(F)(F)F)n(C)c2cc(-c3ccc4c(c3)CCNC4)c(-c3cnn(C)c3)cc12. The maximum atomic E-state index is 14.0. The molecular weight excluding hydrogens is 651 g/mol. The molecule has 0 spiro atoms. The number of aromatic nitrogens is 3. The molecule has 12 heteroatoms. The Labute approximate surface area is 282 Å². The van der Waals surface area contributed by atoms with Gasteiger partial charge in [0, 0.05) is 53.9 Å². The minimum absolute atomic E-state index is 0.0697. The van der Waals surface area contributed by atoms with Crippen LogP contribution in [0.25, 0.3) is 33.2 Å². The fraction of sp³-hybridized carbons (Fsp3) is 0.270. The summed E-state index contributed by atoms with van der Waals surface area (Å²) >= 11 is 0. The van der Waals surface area contributed by atoms with E-state index in [1.807, 2.05) is 25.4 Å². The summed E-state index contributed by atoms with van der Waals surface area (Å²) in [7, 11) is 2.38. The number of hydrogen-bond donors (Lipinski definition) is 2. The van der Waals surface area contributed by atoms with E-state index in [0.29, 0.717) is 32.8 Å². The van der Waals surface area contributed by atoms with E-state index in [0.717, 1.165) is 41.8 Å². The van der Waals surface area contributed by atoms with Crippen LogP contribution in [-0.4, -0.2) is 57.4 Å². The van der Waals surface area contributed by atoms with Crippen molar-refractivity contribution in [2.75, 3.05) is 31.8 Å². The predicted molar refractivity (Wildman–Crippen MR) is 187 cm³/mol. The lowest BCUT2D eigenvalue weighted by molar-refractivity contribution is -0.128. The smallest absolute Gasteiger partial charge is 0.394 e. The number of methoxy groups -OCH3 is 1. The highest BCUT2D eigenvalue weighted by atomic mass is 32.2. The number of aryl methyl sites for hydroxylation is 2. The molecule has 0 fully saturated rings. The highest BCUT2D eigenvalue weighted by Gasteiger charge is 2.32. The van der Waals surface area contributed by atoms with Crippen LogP contribution in [0.4, 0.5) is 18.9 Å². The van der Waals surface area contributed by atoms with Crippen molar-refractivity contribution in [3.63, 3.8) is 0 Å². The van der Waals surface area contributed by atoms with Crippen LogP contribution >= 0.6 is 9.21 Å². The first-order valence-electron chi connectivity index (χ1n) is 15.5. The number of alkyl halides is 3. The number of nitrogens with one attached hydrogen (secondary N) is 2. The average Bonchev–Trinajstić information content (AvgIpc) is 3.64. The largest absolute Gasteiger partial charge is 0.495 e. The molecule has 0 aliphatic carbocycles. The lowest BCUT2D eigenvalue weighted by atomic mass is 9.90. The van der Waals surface area contributed by atoms with Gasteiger partial charge in [-0.3, -0.25) is 4.68 Å². The van der Waals surface area contributed by atoms with Gasteiger partial charge in [-0.25, -0.2) is 9.59 Å². The third-order valence-corrected chi connectivity index (χ3v) is 10.7. The van der Waals surface area contributed by atoms with E-state index in [-0.39, 0.29) is 12.2 Å². The number of carbonyl (C=O) groups excluding carboxylic acids is 2. The van der Waals surface area contributed by atoms with Crippen LogP contribution < -0.4 is 15.4 Å². The molecule has 1 aliphatic rings. The molecule has 3 aromatic carbocycles. The zero-order chi connectivity index (χ0) is 34.9. The van der Waals surface area contributed by atoms with Crippen molar-refractivity contribution in [1.82, 2.24) is 19.7 Å². The molecule has 49 heavy (non-hydrogen) atoms. The molecule has 6 rings (SSSR count). The summed E-state index contributed by atoms with van der Waals surface area (Å²) in [6.07, 6.45) is 0.428. The molecule has 1 aliphatic heterocycles. The van der Waals surface area contributed by atoms with Crippen LogP contribution in [0.1, 0.15) is 22.4 Å². The molecule has 0 saturated heterocycles. The summed E-state index contributed by atoms with van der Waals surface area (Å²) in [6.45, 7) is 1.77. The van der Waals surface area contributed by atoms with E-state index >= 15 is 0 Å². The van der Waals surface area contributed by atoms with Gasteiger partial charge in [0.05, 0.1) is 37.5 Å². The Kier molecular flexibility index (Phi) is 9.21. The van der Waals surface area contributed by atoms with Crippen molar-refractivity contribution in [3.05, 3.63) is 83.3 Å². The topological polar surface area (TPSA) is 90.2 Å². The molecule has 0 bridgehead atoms. The van der Waals surface area contributed by atoms with Crippen LogP contribution in [0, 0.1) is 11.8 Å². The number of halogens is 3. The Hall–Kier alpha value is -5.17. The Bertz CT molecular complexity index is 2320. The van der Waals surface area contributed by atoms with Crippen LogP contribution in [-0.2, 0) is 43.1 Å². The molecule has 8 nitrogen and oxygen atoms in total. The van der Waals surface area contributed by atoms with E-state index in [9.17, 15) is 22.8 Å². The van der Waals surface area contributed by atoms with Gasteiger partial charge >= 0.3 is 6.18 Å². The summed E-state index contributed by atoms with van der Waals surface area (Å²) in [6, 6.07) is 15.1. The summed E-state index contributed by atoms with van der Waals surface area (Å²) in [4.78, 5) is 23.3. The van der Waals surface area contributed by atoms with Gasteiger partial charge in [-0.2, -0.15) is 18.3 Å². The molecule has 0 radical (unpaired) electrons. The van der Waals surface area contributed by atoms with Gasteiger partial charge in [-0.05, 0) is 86.6 Å². The third-order valence-electron chi connectivity index (χ3n) is 8.81. The van der Waals surface area contributed by atoms with Crippen molar-refractivity contribution in [2.45, 2.75) is 30.5 Å². The van der Waals surface area contributed by atoms with E-state index in [1.165, 1.54) is 24.5 Å². The Morgan fingerprint density at radius 1 is 1.02 bits per heavy atom. The van der Waals surface area contributed by atoms with Gasteiger partial charge in [0.2, 0.25) is 0 Å². The molecule has 5 aromatic rings. The summed E-state index contributed by atoms with van der Waals surface area (Å²) in [5, 5.41) is 15.1. The van der Waals surface area contributed by atoms with Gasteiger partial charge in [-0.1, -0.05) is 30.0 Å². The fourth-order valence-electron chi connectivity index (χ4n) is 6.21.